The van der Waals surface area contributed by atoms with Gasteiger partial charge in [0.05, 0.1) is 0 Å². The molecule has 0 aliphatic heterocycles. The second kappa shape index (κ2) is 10.7. The number of aryl methyl sites for hydroxylation is 1. The Morgan fingerprint density at radius 3 is 2.46 bits per heavy atom. The first-order valence-corrected chi connectivity index (χ1v) is 15.9. The lowest BCUT2D eigenvalue weighted by molar-refractivity contribution is -0.145. The average Bonchev–Trinajstić information content (AvgIpc) is 3.21. The van der Waals surface area contributed by atoms with E-state index in [0.717, 1.165) is 48.3 Å². The van der Waals surface area contributed by atoms with Crippen LogP contribution in [0, 0.1) is 65.1 Å². The molecule has 1 aromatic rings. The van der Waals surface area contributed by atoms with E-state index in [-0.39, 0.29) is 5.92 Å². The number of carbonyl (C=O) groups is 1. The van der Waals surface area contributed by atoms with Crippen molar-refractivity contribution >= 4 is 11.9 Å². The Kier molecular flexibility index (Phi) is 7.83. The summed E-state index contributed by atoms with van der Waals surface area (Å²) < 4.78 is 0. The van der Waals surface area contributed by atoms with Gasteiger partial charge in [-0.2, -0.15) is 0 Å². The summed E-state index contributed by atoms with van der Waals surface area (Å²) in [4.78, 5) is 13.3. The summed E-state index contributed by atoms with van der Waals surface area (Å²) in [5.41, 5.74) is 3.44. The highest BCUT2D eigenvalue weighted by Crippen LogP contribution is 2.68. The standard InChI is InChI=1S/C36H54O/c1-24(2)10-9-12-26(4)31-18-19-32-30-17-16-29-22-34(37)28(15-14-27-13-8-7-11-25(27)3)23-36(29,6)33(30)20-21-35(31,32)5/h7-8,11,13-15,24,26,28-33H,9-10,12,16-23H2,1-6H3/b15-14-. The van der Waals surface area contributed by atoms with Gasteiger partial charge in [0.1, 0.15) is 5.78 Å². The molecule has 0 heterocycles. The van der Waals surface area contributed by atoms with Crippen molar-refractivity contribution < 1.29 is 4.79 Å². The average molecular weight is 503 g/mol. The van der Waals surface area contributed by atoms with Crippen LogP contribution in [0.5, 0.6) is 0 Å². The number of Topliss-reactive ketones (excluding diaryl/α,β-unsaturated/α-hetero) is 1. The minimum absolute atomic E-state index is 0.102. The Hall–Kier alpha value is -1.37. The maximum atomic E-state index is 13.3. The van der Waals surface area contributed by atoms with Crippen molar-refractivity contribution in [1.82, 2.24) is 0 Å². The molecule has 9 unspecified atom stereocenters. The lowest BCUT2D eigenvalue weighted by atomic mass is 9.43. The van der Waals surface area contributed by atoms with Crippen LogP contribution in [0.3, 0.4) is 0 Å². The monoisotopic (exact) mass is 502 g/mol. The maximum absolute atomic E-state index is 13.3. The van der Waals surface area contributed by atoms with Crippen molar-refractivity contribution in [2.45, 2.75) is 112 Å². The fourth-order valence-corrected chi connectivity index (χ4v) is 10.4. The number of fused-ring (bicyclic) bond motifs is 5. The molecule has 9 atom stereocenters. The molecule has 4 aliphatic rings. The van der Waals surface area contributed by atoms with E-state index in [4.69, 9.17) is 0 Å². The molecule has 1 heteroatoms. The van der Waals surface area contributed by atoms with Crippen molar-refractivity contribution in [1.29, 1.82) is 0 Å². The first kappa shape index (κ1) is 27.2. The smallest absolute Gasteiger partial charge is 0.140 e. The topological polar surface area (TPSA) is 17.1 Å². The van der Waals surface area contributed by atoms with E-state index >= 15 is 0 Å². The van der Waals surface area contributed by atoms with E-state index in [1.165, 1.54) is 68.9 Å². The fourth-order valence-electron chi connectivity index (χ4n) is 10.4. The number of ketones is 1. The maximum Gasteiger partial charge on any atom is 0.140 e. The molecule has 4 fully saturated rings. The van der Waals surface area contributed by atoms with Gasteiger partial charge in [-0.3, -0.25) is 4.79 Å². The number of benzene rings is 1. The zero-order valence-electron chi connectivity index (χ0n) is 24.8. The van der Waals surface area contributed by atoms with Crippen LogP contribution < -0.4 is 0 Å². The van der Waals surface area contributed by atoms with Crippen LogP contribution >= 0.6 is 0 Å². The number of allylic oxidation sites excluding steroid dienone is 1. The van der Waals surface area contributed by atoms with Crippen molar-refractivity contribution in [3.63, 3.8) is 0 Å². The summed E-state index contributed by atoms with van der Waals surface area (Å²) in [6.45, 7) is 14.8. The third-order valence-corrected chi connectivity index (χ3v) is 12.5. The van der Waals surface area contributed by atoms with Gasteiger partial charge >= 0.3 is 0 Å². The summed E-state index contributed by atoms with van der Waals surface area (Å²) in [5.74, 6) is 6.48. The molecule has 5 rings (SSSR count). The predicted molar refractivity (Wildman–Crippen MR) is 157 cm³/mol. The van der Waals surface area contributed by atoms with Crippen LogP contribution in [0.1, 0.15) is 116 Å². The van der Waals surface area contributed by atoms with Gasteiger partial charge in [-0.25, -0.2) is 0 Å². The Morgan fingerprint density at radius 2 is 1.70 bits per heavy atom. The van der Waals surface area contributed by atoms with Crippen molar-refractivity contribution in [3.8, 4) is 0 Å². The third-order valence-electron chi connectivity index (χ3n) is 12.5. The van der Waals surface area contributed by atoms with Crippen LogP contribution in [0.2, 0.25) is 0 Å². The molecular formula is C36H54O. The second-order valence-electron chi connectivity index (χ2n) is 14.9. The molecule has 1 nitrogen and oxygen atoms in total. The van der Waals surface area contributed by atoms with Gasteiger partial charge in [-0.05, 0) is 115 Å². The minimum Gasteiger partial charge on any atom is -0.299 e. The molecule has 4 aliphatic carbocycles. The van der Waals surface area contributed by atoms with Gasteiger partial charge in [0.15, 0.2) is 0 Å². The predicted octanol–water partition coefficient (Wildman–Crippen LogP) is 9.92. The van der Waals surface area contributed by atoms with E-state index in [1.807, 2.05) is 0 Å². The molecule has 0 aromatic heterocycles. The molecule has 0 spiro atoms. The molecule has 0 radical (unpaired) electrons. The Bertz CT molecular complexity index is 988. The molecule has 204 valence electrons. The summed E-state index contributed by atoms with van der Waals surface area (Å²) in [5, 5.41) is 0. The molecule has 0 amide bonds. The summed E-state index contributed by atoms with van der Waals surface area (Å²) in [7, 11) is 0. The molecule has 0 saturated heterocycles. The summed E-state index contributed by atoms with van der Waals surface area (Å²) in [6, 6.07) is 8.56. The van der Waals surface area contributed by atoms with Crippen LogP contribution in [-0.2, 0) is 4.79 Å². The minimum atomic E-state index is 0.102. The molecule has 1 aromatic carbocycles. The molecule has 0 bridgehead atoms. The van der Waals surface area contributed by atoms with E-state index in [2.05, 4.69) is 78.0 Å². The van der Waals surface area contributed by atoms with E-state index in [9.17, 15) is 4.79 Å². The Morgan fingerprint density at radius 1 is 0.946 bits per heavy atom. The zero-order valence-corrected chi connectivity index (χ0v) is 24.8. The summed E-state index contributed by atoms with van der Waals surface area (Å²) >= 11 is 0. The van der Waals surface area contributed by atoms with Crippen LogP contribution in [-0.4, -0.2) is 5.78 Å². The highest BCUT2D eigenvalue weighted by atomic mass is 16.1. The van der Waals surface area contributed by atoms with Crippen molar-refractivity contribution in [2.75, 3.05) is 0 Å². The molecule has 37 heavy (non-hydrogen) atoms. The quantitative estimate of drug-likeness (QED) is 0.362. The largest absolute Gasteiger partial charge is 0.299 e. The summed E-state index contributed by atoms with van der Waals surface area (Å²) in [6.07, 6.45) is 19.1. The normalized spacial score (nSPS) is 40.5. The van der Waals surface area contributed by atoms with Crippen LogP contribution in [0.4, 0.5) is 0 Å². The second-order valence-corrected chi connectivity index (χ2v) is 14.9. The third kappa shape index (κ3) is 5.03. The van der Waals surface area contributed by atoms with Crippen LogP contribution in [0.15, 0.2) is 30.3 Å². The van der Waals surface area contributed by atoms with Gasteiger partial charge < -0.3 is 0 Å². The van der Waals surface area contributed by atoms with Crippen molar-refractivity contribution in [2.24, 2.45) is 58.2 Å². The Labute approximate surface area is 228 Å². The highest BCUT2D eigenvalue weighted by molar-refractivity contribution is 5.85. The van der Waals surface area contributed by atoms with Crippen molar-refractivity contribution in [3.05, 3.63) is 41.5 Å². The fraction of sp³-hybridized carbons (Fsp3) is 0.750. The van der Waals surface area contributed by atoms with E-state index in [0.29, 0.717) is 22.5 Å². The lowest BCUT2D eigenvalue weighted by Gasteiger charge is -2.61. The lowest BCUT2D eigenvalue weighted by Crippen LogP contribution is -2.55. The van der Waals surface area contributed by atoms with Gasteiger partial charge in [-0.15, -0.1) is 0 Å². The van der Waals surface area contributed by atoms with Crippen LogP contribution in [0.25, 0.3) is 6.08 Å². The van der Waals surface area contributed by atoms with E-state index in [1.54, 1.807) is 0 Å². The molecule has 0 N–H and O–H groups in total. The highest BCUT2D eigenvalue weighted by Gasteiger charge is 2.61. The number of rotatable bonds is 7. The van der Waals surface area contributed by atoms with Gasteiger partial charge in [0.2, 0.25) is 0 Å². The molecular weight excluding hydrogens is 448 g/mol. The Balaban J connectivity index is 1.31. The van der Waals surface area contributed by atoms with E-state index < -0.39 is 0 Å². The molecule has 4 saturated carbocycles. The first-order chi connectivity index (χ1) is 17.6. The number of hydrogen-bond donors (Lipinski definition) is 0. The SMILES string of the molecule is Cc1ccccc1/C=C\C1CC2(C)C(CCC3C2CCC2(C)C(C(C)CCCC(C)C)CCC32)CC1=O. The van der Waals surface area contributed by atoms with Gasteiger partial charge in [0, 0.05) is 12.3 Å². The van der Waals surface area contributed by atoms with Gasteiger partial charge in [0.25, 0.3) is 0 Å². The first-order valence-electron chi connectivity index (χ1n) is 15.9. The zero-order chi connectivity index (χ0) is 26.4. The number of carbonyl (C=O) groups excluding carboxylic acids is 1. The van der Waals surface area contributed by atoms with Gasteiger partial charge in [-0.1, -0.05) is 90.3 Å². The number of hydrogen-bond acceptors (Lipinski definition) is 1.